The number of benzene rings is 2. The fourth-order valence-electron chi connectivity index (χ4n) is 3.61. The van der Waals surface area contributed by atoms with Gasteiger partial charge in [-0.3, -0.25) is 4.79 Å². The number of amides is 1. The fourth-order valence-corrected chi connectivity index (χ4v) is 4.14. The van der Waals surface area contributed by atoms with Crippen LogP contribution in [0.5, 0.6) is 5.75 Å². The second-order valence-corrected chi connectivity index (χ2v) is 8.74. The Balaban J connectivity index is 2.17. The maximum Gasteiger partial charge on any atom is 0.534 e. The van der Waals surface area contributed by atoms with Crippen molar-refractivity contribution in [3.63, 3.8) is 0 Å². The van der Waals surface area contributed by atoms with Gasteiger partial charge in [0.1, 0.15) is 6.10 Å². The van der Waals surface area contributed by atoms with Crippen LogP contribution in [0.15, 0.2) is 30.3 Å². The van der Waals surface area contributed by atoms with E-state index < -0.39 is 44.9 Å². The van der Waals surface area contributed by atoms with Crippen molar-refractivity contribution in [2.24, 2.45) is 0 Å². The van der Waals surface area contributed by atoms with E-state index in [-0.39, 0.29) is 35.3 Å². The van der Waals surface area contributed by atoms with Crippen molar-refractivity contribution in [3.8, 4) is 5.75 Å². The minimum atomic E-state index is -6.19. The molecule has 1 amide bonds. The summed E-state index contributed by atoms with van der Waals surface area (Å²) in [4.78, 5) is 25.7. The van der Waals surface area contributed by atoms with E-state index in [0.29, 0.717) is 0 Å². The molecule has 0 spiro atoms. The number of halogens is 3. The minimum absolute atomic E-state index is 0.0366. The lowest BCUT2D eigenvalue weighted by molar-refractivity contribution is -0.315. The Morgan fingerprint density at radius 3 is 2.34 bits per heavy atom. The molecule has 0 aliphatic carbocycles. The summed E-state index contributed by atoms with van der Waals surface area (Å²) in [5.74, 6) is -3.65. The minimum Gasteiger partial charge on any atom is -0.547 e. The van der Waals surface area contributed by atoms with Gasteiger partial charge in [-0.25, -0.2) is 0 Å². The topological polar surface area (TPSA) is 124 Å². The molecular weight excluding hydrogens is 455 g/mol. The molecule has 0 bridgehead atoms. The van der Waals surface area contributed by atoms with Crippen molar-refractivity contribution in [3.05, 3.63) is 63.7 Å². The maximum atomic E-state index is 13.0. The number of carbonyl (C=O) groups is 2. The average molecular weight is 472 g/mol. The van der Waals surface area contributed by atoms with E-state index in [1.54, 1.807) is 30.3 Å². The lowest BCUT2D eigenvalue weighted by atomic mass is 9.90. The zero-order chi connectivity index (χ0) is 24.0. The van der Waals surface area contributed by atoms with Crippen LogP contribution in [0.1, 0.15) is 44.3 Å². The van der Waals surface area contributed by atoms with Crippen LogP contribution in [-0.2, 0) is 28.0 Å². The number of aliphatic carboxylic acids is 1. The van der Waals surface area contributed by atoms with Crippen molar-refractivity contribution in [1.82, 2.24) is 4.90 Å². The average Bonchev–Trinajstić information content (AvgIpc) is 3.02. The van der Waals surface area contributed by atoms with Gasteiger partial charge in [-0.15, -0.1) is 0 Å². The number of rotatable bonds is 6. The molecule has 0 fully saturated rings. The Morgan fingerprint density at radius 2 is 1.81 bits per heavy atom. The summed E-state index contributed by atoms with van der Waals surface area (Å²) in [5.41, 5.74) is -6.12. The Labute approximate surface area is 181 Å². The standard InChI is InChI=1S/C20H18F3NO7S/c1-10-13-9-24(8-12-6-4-3-5-7-12)18(26)14(13)11(2)15(16(25)19(27)28)17(10)31-32(29,30)20(21,22)23/h3-7,16,25H,8-9H2,1-2H3,(H,27,28)/p-1. The molecule has 1 atom stereocenters. The van der Waals surface area contributed by atoms with Crippen molar-refractivity contribution in [2.75, 3.05) is 0 Å². The van der Waals surface area contributed by atoms with Crippen LogP contribution in [0.2, 0.25) is 0 Å². The van der Waals surface area contributed by atoms with E-state index in [9.17, 15) is 41.4 Å². The van der Waals surface area contributed by atoms with E-state index in [4.69, 9.17) is 0 Å². The predicted octanol–water partition coefficient (Wildman–Crippen LogP) is 1.47. The Hall–Kier alpha value is -3.12. The number of aliphatic hydroxyl groups is 1. The molecule has 1 heterocycles. The first-order chi connectivity index (χ1) is 14.8. The summed E-state index contributed by atoms with van der Waals surface area (Å²) in [7, 11) is -6.19. The van der Waals surface area contributed by atoms with Crippen molar-refractivity contribution < 1.29 is 45.6 Å². The molecular formula is C20H17F3NO7S-. The monoisotopic (exact) mass is 472 g/mol. The van der Waals surface area contributed by atoms with Gasteiger partial charge in [0, 0.05) is 24.2 Å². The molecule has 1 aliphatic rings. The second-order valence-electron chi connectivity index (χ2n) is 7.20. The summed E-state index contributed by atoms with van der Waals surface area (Å²) in [6.07, 6.45) is -2.53. The zero-order valence-electron chi connectivity index (χ0n) is 16.8. The third-order valence-electron chi connectivity index (χ3n) is 5.16. The van der Waals surface area contributed by atoms with Gasteiger partial charge in [-0.2, -0.15) is 21.6 Å². The molecule has 1 unspecified atom stereocenters. The van der Waals surface area contributed by atoms with Crippen LogP contribution in [0.3, 0.4) is 0 Å². The van der Waals surface area contributed by atoms with Gasteiger partial charge >= 0.3 is 15.6 Å². The van der Waals surface area contributed by atoms with Crippen LogP contribution in [0, 0.1) is 13.8 Å². The largest absolute Gasteiger partial charge is 0.547 e. The van der Waals surface area contributed by atoms with Crippen LogP contribution in [0.25, 0.3) is 0 Å². The highest BCUT2D eigenvalue weighted by molar-refractivity contribution is 7.88. The molecule has 2 aromatic carbocycles. The lowest BCUT2D eigenvalue weighted by Gasteiger charge is -2.23. The maximum absolute atomic E-state index is 13.0. The molecule has 3 rings (SSSR count). The summed E-state index contributed by atoms with van der Waals surface area (Å²) >= 11 is 0. The summed E-state index contributed by atoms with van der Waals surface area (Å²) in [6, 6.07) is 8.79. The highest BCUT2D eigenvalue weighted by Gasteiger charge is 2.49. The third-order valence-corrected chi connectivity index (χ3v) is 6.11. The Bertz CT molecular complexity index is 1190. The van der Waals surface area contributed by atoms with Crippen LogP contribution in [0.4, 0.5) is 13.2 Å². The summed E-state index contributed by atoms with van der Waals surface area (Å²) < 4.78 is 66.3. The van der Waals surface area contributed by atoms with Gasteiger partial charge in [0.25, 0.3) is 5.91 Å². The molecule has 0 aromatic heterocycles. The number of aliphatic hydroxyl groups excluding tert-OH is 1. The van der Waals surface area contributed by atoms with E-state index in [0.717, 1.165) is 5.56 Å². The van der Waals surface area contributed by atoms with Crippen LogP contribution < -0.4 is 9.29 Å². The highest BCUT2D eigenvalue weighted by atomic mass is 32.2. The number of carboxylic acid groups (broad SMARTS) is 1. The number of carbonyl (C=O) groups excluding carboxylic acids is 2. The van der Waals surface area contributed by atoms with Gasteiger partial charge in [-0.1, -0.05) is 30.3 Å². The number of alkyl halides is 3. The first-order valence-corrected chi connectivity index (χ1v) is 10.6. The van der Waals surface area contributed by atoms with E-state index in [1.165, 1.54) is 18.7 Å². The number of fused-ring (bicyclic) bond motifs is 1. The number of carboxylic acids is 1. The zero-order valence-corrected chi connectivity index (χ0v) is 17.6. The van der Waals surface area contributed by atoms with Crippen molar-refractivity contribution in [2.45, 2.75) is 38.5 Å². The molecule has 172 valence electrons. The number of hydrogen-bond acceptors (Lipinski definition) is 7. The first-order valence-electron chi connectivity index (χ1n) is 9.15. The van der Waals surface area contributed by atoms with Crippen LogP contribution in [-0.4, -0.2) is 35.8 Å². The van der Waals surface area contributed by atoms with E-state index >= 15 is 0 Å². The highest BCUT2D eigenvalue weighted by Crippen LogP contribution is 2.43. The summed E-state index contributed by atoms with van der Waals surface area (Å²) in [6.45, 7) is 2.43. The lowest BCUT2D eigenvalue weighted by Crippen LogP contribution is -2.33. The normalized spacial score (nSPS) is 14.9. The van der Waals surface area contributed by atoms with Gasteiger partial charge in [0.15, 0.2) is 5.75 Å². The fraction of sp³-hybridized carbons (Fsp3) is 0.300. The quantitative estimate of drug-likeness (QED) is 0.499. The third kappa shape index (κ3) is 4.02. The van der Waals surface area contributed by atoms with Gasteiger partial charge < -0.3 is 24.1 Å². The van der Waals surface area contributed by atoms with Gasteiger partial charge in [0.05, 0.1) is 5.97 Å². The molecule has 0 saturated heterocycles. The molecule has 32 heavy (non-hydrogen) atoms. The Kier molecular flexibility index (Phi) is 5.96. The van der Waals surface area contributed by atoms with Gasteiger partial charge in [-0.05, 0) is 36.1 Å². The predicted molar refractivity (Wildman–Crippen MR) is 102 cm³/mol. The van der Waals surface area contributed by atoms with Gasteiger partial charge in [0.2, 0.25) is 0 Å². The molecule has 1 N–H and O–H groups in total. The van der Waals surface area contributed by atoms with E-state index in [2.05, 4.69) is 4.18 Å². The second kappa shape index (κ2) is 8.10. The van der Waals surface area contributed by atoms with Crippen molar-refractivity contribution in [1.29, 1.82) is 0 Å². The van der Waals surface area contributed by atoms with Crippen molar-refractivity contribution >= 4 is 22.0 Å². The summed E-state index contributed by atoms with van der Waals surface area (Å²) in [5, 5.41) is 21.3. The van der Waals surface area contributed by atoms with E-state index in [1.807, 2.05) is 0 Å². The molecule has 12 heteroatoms. The first kappa shape index (κ1) is 23.5. The molecule has 8 nitrogen and oxygen atoms in total. The SMILES string of the molecule is Cc1c2c(c(C)c(C(O)C(=O)[O-])c1OS(=O)(=O)C(F)(F)F)C(=O)N(Cc1ccccc1)C2. The molecule has 2 aromatic rings. The van der Waals surface area contributed by atoms with Crippen LogP contribution >= 0.6 is 0 Å². The number of hydrogen-bond donors (Lipinski definition) is 1. The smallest absolute Gasteiger partial charge is 0.534 e. The molecule has 0 saturated carbocycles. The molecule has 1 aliphatic heterocycles. The number of nitrogens with zero attached hydrogens (tertiary/aromatic N) is 1. The molecule has 0 radical (unpaired) electrons. The Morgan fingerprint density at radius 1 is 1.22 bits per heavy atom.